The maximum atomic E-state index is 12.7. The summed E-state index contributed by atoms with van der Waals surface area (Å²) in [5, 5.41) is 0.755. The number of hydrogen-bond acceptors (Lipinski definition) is 5. The van der Waals surface area contributed by atoms with Gasteiger partial charge in [-0.05, 0) is 54.2 Å². The summed E-state index contributed by atoms with van der Waals surface area (Å²) >= 11 is 0. The molecule has 1 fully saturated rings. The third kappa shape index (κ3) is 5.08. The molecule has 0 radical (unpaired) electrons. The number of alkyl halides is 3. The average Bonchev–Trinajstić information content (AvgIpc) is 3.48. The van der Waals surface area contributed by atoms with Crippen LogP contribution in [0.3, 0.4) is 0 Å². The zero-order chi connectivity index (χ0) is 24.3. The van der Waals surface area contributed by atoms with Gasteiger partial charge in [0.2, 0.25) is 10.0 Å². The van der Waals surface area contributed by atoms with E-state index in [1.54, 1.807) is 42.6 Å². The molecule has 0 unspecified atom stereocenters. The Bertz CT molecular complexity index is 1360. The highest BCUT2D eigenvalue weighted by molar-refractivity contribution is 7.89. The summed E-state index contributed by atoms with van der Waals surface area (Å²) in [5.41, 5.74) is 2.66. The van der Waals surface area contributed by atoms with E-state index < -0.39 is 28.8 Å². The predicted octanol–water partition coefficient (Wildman–Crippen LogP) is 3.86. The first-order valence-electron chi connectivity index (χ1n) is 10.5. The quantitative estimate of drug-likeness (QED) is 0.333. The van der Waals surface area contributed by atoms with E-state index in [9.17, 15) is 26.4 Å². The van der Waals surface area contributed by atoms with Crippen molar-refractivity contribution in [1.82, 2.24) is 14.3 Å². The fourth-order valence-electron chi connectivity index (χ4n) is 3.66. The monoisotopic (exact) mass is 491 g/mol. The van der Waals surface area contributed by atoms with E-state index in [-0.39, 0.29) is 11.3 Å². The normalized spacial score (nSPS) is 14.7. The molecule has 11 heteroatoms. The molecule has 1 N–H and O–H groups in total. The van der Waals surface area contributed by atoms with Gasteiger partial charge in [-0.25, -0.2) is 18.2 Å². The molecule has 0 aliphatic carbocycles. The number of rotatable bonds is 5. The number of fused-ring (bicyclic) bond motifs is 1. The third-order valence-electron chi connectivity index (χ3n) is 5.31. The number of nitrogens with one attached hydrogen (secondary N) is 1. The Balaban J connectivity index is 1.50. The van der Waals surface area contributed by atoms with Gasteiger partial charge in [0.1, 0.15) is 12.3 Å². The first kappa shape index (κ1) is 23.8. The van der Waals surface area contributed by atoms with Gasteiger partial charge in [-0.15, -0.1) is 0 Å². The number of sulfonamides is 1. The second-order valence-electron chi connectivity index (χ2n) is 7.62. The van der Waals surface area contributed by atoms with Crippen molar-refractivity contribution in [2.75, 3.05) is 19.7 Å². The lowest BCUT2D eigenvalue weighted by Gasteiger charge is -2.15. The SMILES string of the molecule is O=C(OCCC#Cc1cc2c(-c3ccc(S(=O)(=O)N4CCCC4)cc3)ccnc2[nH]1)C(F)(F)F. The lowest BCUT2D eigenvalue weighted by Crippen LogP contribution is -2.27. The first-order valence-corrected chi connectivity index (χ1v) is 11.9. The van der Waals surface area contributed by atoms with Crippen molar-refractivity contribution in [2.45, 2.75) is 30.3 Å². The molecule has 34 heavy (non-hydrogen) atoms. The standard InChI is InChI=1S/C23H20F3N3O4S/c24-23(25,26)22(30)33-14-4-1-5-17-15-20-19(10-11-27-21(20)28-17)16-6-8-18(9-7-16)34(31,32)29-12-2-3-13-29/h6-11,15H,2-4,12-14H2,(H,27,28). The number of esters is 1. The molecule has 4 rings (SSSR count). The van der Waals surface area contributed by atoms with Gasteiger partial charge in [0.05, 0.1) is 10.6 Å². The van der Waals surface area contributed by atoms with Gasteiger partial charge < -0.3 is 9.72 Å². The van der Waals surface area contributed by atoms with Gasteiger partial charge in [0.15, 0.2) is 0 Å². The largest absolute Gasteiger partial charge is 0.490 e. The number of pyridine rings is 1. The van der Waals surface area contributed by atoms with Crippen LogP contribution in [-0.2, 0) is 19.6 Å². The molecule has 2 aromatic heterocycles. The molecular weight excluding hydrogens is 471 g/mol. The van der Waals surface area contributed by atoms with Crippen LogP contribution in [0.2, 0.25) is 0 Å². The highest BCUT2D eigenvalue weighted by atomic mass is 32.2. The number of ether oxygens (including phenoxy) is 1. The summed E-state index contributed by atoms with van der Waals surface area (Å²) in [5.74, 6) is 3.19. The minimum Gasteiger partial charge on any atom is -0.458 e. The van der Waals surface area contributed by atoms with Gasteiger partial charge in [-0.2, -0.15) is 17.5 Å². The van der Waals surface area contributed by atoms with Crippen LogP contribution >= 0.6 is 0 Å². The Hall–Kier alpha value is -3.36. The fourth-order valence-corrected chi connectivity index (χ4v) is 5.18. The number of benzene rings is 1. The molecule has 0 bridgehead atoms. The number of H-pyrrole nitrogens is 1. The van der Waals surface area contributed by atoms with Gasteiger partial charge in [-0.1, -0.05) is 18.1 Å². The summed E-state index contributed by atoms with van der Waals surface area (Å²) in [6, 6.07) is 10.2. The number of carbonyl (C=O) groups excluding carboxylic acids is 1. The van der Waals surface area contributed by atoms with Crippen molar-refractivity contribution in [3.8, 4) is 23.0 Å². The number of nitrogens with zero attached hydrogens (tertiary/aromatic N) is 2. The Kier molecular flexibility index (Phi) is 6.63. The minimum atomic E-state index is -5.02. The Morgan fingerprint density at radius 3 is 2.53 bits per heavy atom. The maximum absolute atomic E-state index is 12.7. The van der Waals surface area contributed by atoms with Crippen LogP contribution in [0.1, 0.15) is 25.0 Å². The predicted molar refractivity (Wildman–Crippen MR) is 118 cm³/mol. The zero-order valence-corrected chi connectivity index (χ0v) is 18.7. The summed E-state index contributed by atoms with van der Waals surface area (Å²) in [4.78, 5) is 18.2. The van der Waals surface area contributed by atoms with Gasteiger partial charge in [0.25, 0.3) is 0 Å². The summed E-state index contributed by atoms with van der Waals surface area (Å²) in [7, 11) is -3.50. The number of hydrogen-bond donors (Lipinski definition) is 1. The Morgan fingerprint density at radius 2 is 1.85 bits per heavy atom. The average molecular weight is 491 g/mol. The van der Waals surface area contributed by atoms with Crippen molar-refractivity contribution in [1.29, 1.82) is 0 Å². The van der Waals surface area contributed by atoms with Crippen LogP contribution in [-0.4, -0.2) is 54.5 Å². The topological polar surface area (TPSA) is 92.4 Å². The number of aromatic nitrogens is 2. The van der Waals surface area contributed by atoms with Crippen LogP contribution in [0.25, 0.3) is 22.2 Å². The van der Waals surface area contributed by atoms with Gasteiger partial charge in [-0.3, -0.25) is 0 Å². The van der Waals surface area contributed by atoms with E-state index >= 15 is 0 Å². The summed E-state index contributed by atoms with van der Waals surface area (Å²) in [6.45, 7) is 0.599. The molecule has 1 saturated heterocycles. The third-order valence-corrected chi connectivity index (χ3v) is 7.23. The van der Waals surface area contributed by atoms with Crippen molar-refractivity contribution in [2.24, 2.45) is 0 Å². The molecule has 178 valence electrons. The van der Waals surface area contributed by atoms with Gasteiger partial charge >= 0.3 is 12.1 Å². The van der Waals surface area contributed by atoms with Crippen LogP contribution in [0, 0.1) is 11.8 Å². The molecule has 1 aromatic carbocycles. The molecular formula is C23H20F3N3O4S. The molecule has 3 aromatic rings. The van der Waals surface area contributed by atoms with Crippen LogP contribution in [0.4, 0.5) is 13.2 Å². The summed E-state index contributed by atoms with van der Waals surface area (Å²) < 4.78 is 67.4. The molecule has 0 amide bonds. The lowest BCUT2D eigenvalue weighted by atomic mass is 10.0. The number of halogens is 3. The highest BCUT2D eigenvalue weighted by Gasteiger charge is 2.40. The fraction of sp³-hybridized carbons (Fsp3) is 0.304. The van der Waals surface area contributed by atoms with Crippen molar-refractivity contribution < 1.29 is 31.1 Å². The highest BCUT2D eigenvalue weighted by Crippen LogP contribution is 2.30. The lowest BCUT2D eigenvalue weighted by molar-refractivity contribution is -0.199. The first-order chi connectivity index (χ1) is 16.2. The van der Waals surface area contributed by atoms with E-state index in [4.69, 9.17) is 0 Å². The molecule has 1 aliphatic heterocycles. The minimum absolute atomic E-state index is 0.0651. The number of aromatic amines is 1. The van der Waals surface area contributed by atoms with Crippen molar-refractivity contribution in [3.63, 3.8) is 0 Å². The van der Waals surface area contributed by atoms with Crippen molar-refractivity contribution in [3.05, 3.63) is 48.3 Å². The number of carbonyl (C=O) groups is 1. The van der Waals surface area contributed by atoms with E-state index in [0.29, 0.717) is 24.4 Å². The maximum Gasteiger partial charge on any atom is 0.490 e. The van der Waals surface area contributed by atoms with Crippen LogP contribution < -0.4 is 0 Å². The van der Waals surface area contributed by atoms with Crippen LogP contribution in [0.15, 0.2) is 47.5 Å². The molecule has 7 nitrogen and oxygen atoms in total. The van der Waals surface area contributed by atoms with Gasteiger partial charge in [0, 0.05) is 31.1 Å². The molecule has 0 spiro atoms. The van der Waals surface area contributed by atoms with Crippen molar-refractivity contribution >= 4 is 27.0 Å². The molecule has 3 heterocycles. The second-order valence-corrected chi connectivity index (χ2v) is 9.56. The second kappa shape index (κ2) is 9.48. The smallest absolute Gasteiger partial charge is 0.458 e. The van der Waals surface area contributed by atoms with E-state index in [1.807, 2.05) is 0 Å². The summed E-state index contributed by atoms with van der Waals surface area (Å²) in [6.07, 6.45) is -1.75. The molecule has 1 aliphatic rings. The van der Waals surface area contributed by atoms with E-state index in [1.165, 1.54) is 4.31 Å². The Labute approximate surface area is 194 Å². The van der Waals surface area contributed by atoms with E-state index in [2.05, 4.69) is 26.5 Å². The zero-order valence-electron chi connectivity index (χ0n) is 17.9. The molecule has 0 saturated carbocycles. The van der Waals surface area contributed by atoms with E-state index in [0.717, 1.165) is 29.4 Å². The molecule has 0 atom stereocenters. The Morgan fingerprint density at radius 1 is 1.15 bits per heavy atom. The van der Waals surface area contributed by atoms with Crippen LogP contribution in [0.5, 0.6) is 0 Å².